The van der Waals surface area contributed by atoms with Gasteiger partial charge in [0.2, 0.25) is 5.91 Å². The van der Waals surface area contributed by atoms with Gasteiger partial charge in [0.15, 0.2) is 0 Å². The number of nitrogens with zero attached hydrogens (tertiary/aromatic N) is 1. The molecule has 106 valence electrons. The first-order valence-corrected chi connectivity index (χ1v) is 6.78. The number of benzene rings is 1. The van der Waals surface area contributed by atoms with Crippen LogP contribution in [-0.2, 0) is 11.3 Å². The van der Waals surface area contributed by atoms with Gasteiger partial charge in [-0.05, 0) is 30.7 Å². The molecule has 0 spiro atoms. The van der Waals surface area contributed by atoms with Crippen LogP contribution in [0.1, 0.15) is 19.4 Å². The van der Waals surface area contributed by atoms with Crippen LogP contribution in [-0.4, -0.2) is 26.0 Å². The topological polar surface area (TPSA) is 58.4 Å². The summed E-state index contributed by atoms with van der Waals surface area (Å²) in [6, 6.07) is 5.87. The molecule has 5 heteroatoms. The van der Waals surface area contributed by atoms with Crippen LogP contribution in [0.25, 0.3) is 0 Å². The van der Waals surface area contributed by atoms with Gasteiger partial charge in [-0.1, -0.05) is 31.5 Å². The predicted molar refractivity (Wildman–Crippen MR) is 80.5 cm³/mol. The molecule has 0 aliphatic carbocycles. The summed E-state index contributed by atoms with van der Waals surface area (Å²) in [6.07, 6.45) is 0. The number of amides is 1. The molecular weight excluding hydrogens is 262 g/mol. The van der Waals surface area contributed by atoms with Gasteiger partial charge in [0.1, 0.15) is 0 Å². The van der Waals surface area contributed by atoms with Crippen molar-refractivity contribution >= 4 is 23.2 Å². The van der Waals surface area contributed by atoms with Crippen molar-refractivity contribution in [1.29, 1.82) is 0 Å². The van der Waals surface area contributed by atoms with Gasteiger partial charge in [0, 0.05) is 13.1 Å². The van der Waals surface area contributed by atoms with Crippen LogP contribution >= 0.6 is 11.6 Å². The van der Waals surface area contributed by atoms with Crippen molar-refractivity contribution in [2.45, 2.75) is 20.4 Å². The third-order valence-corrected chi connectivity index (χ3v) is 2.97. The van der Waals surface area contributed by atoms with Crippen LogP contribution in [0.2, 0.25) is 5.02 Å². The fraction of sp³-hybridized carbons (Fsp3) is 0.500. The Hall–Kier alpha value is -1.26. The van der Waals surface area contributed by atoms with Crippen molar-refractivity contribution in [3.8, 4) is 0 Å². The van der Waals surface area contributed by atoms with Crippen molar-refractivity contribution in [2.24, 2.45) is 11.7 Å². The molecule has 19 heavy (non-hydrogen) atoms. The minimum absolute atomic E-state index is 0.184. The van der Waals surface area contributed by atoms with E-state index in [1.54, 1.807) is 0 Å². The zero-order valence-electron chi connectivity index (χ0n) is 11.7. The monoisotopic (exact) mass is 283 g/mol. The summed E-state index contributed by atoms with van der Waals surface area (Å²) in [5, 5.41) is 3.73. The molecule has 0 saturated heterocycles. The minimum atomic E-state index is -0.351. The van der Waals surface area contributed by atoms with Crippen LogP contribution in [0.5, 0.6) is 0 Å². The zero-order valence-corrected chi connectivity index (χ0v) is 12.5. The maximum absolute atomic E-state index is 11.2. The Balaban J connectivity index is 2.97. The Morgan fingerprint density at radius 1 is 1.47 bits per heavy atom. The van der Waals surface area contributed by atoms with Gasteiger partial charge >= 0.3 is 0 Å². The fourth-order valence-electron chi connectivity index (χ4n) is 2.00. The van der Waals surface area contributed by atoms with Crippen molar-refractivity contribution < 1.29 is 4.79 Å². The van der Waals surface area contributed by atoms with Crippen LogP contribution in [0, 0.1) is 5.92 Å². The number of carbonyl (C=O) groups excluding carboxylic acids is 1. The fourth-order valence-corrected chi connectivity index (χ4v) is 2.32. The van der Waals surface area contributed by atoms with Gasteiger partial charge in [0.05, 0.1) is 17.3 Å². The van der Waals surface area contributed by atoms with E-state index < -0.39 is 0 Å². The number of hydrogen-bond acceptors (Lipinski definition) is 3. The van der Waals surface area contributed by atoms with Gasteiger partial charge < -0.3 is 16.0 Å². The molecule has 0 aliphatic heterocycles. The van der Waals surface area contributed by atoms with Gasteiger partial charge in [-0.2, -0.15) is 0 Å². The summed E-state index contributed by atoms with van der Waals surface area (Å²) in [5.41, 5.74) is 7.27. The molecule has 1 amide bonds. The lowest BCUT2D eigenvalue weighted by molar-refractivity contribution is -0.116. The first-order valence-electron chi connectivity index (χ1n) is 6.40. The lowest BCUT2D eigenvalue weighted by Gasteiger charge is -2.26. The third kappa shape index (κ3) is 5.09. The molecule has 0 bridgehead atoms. The Morgan fingerprint density at radius 2 is 2.16 bits per heavy atom. The van der Waals surface area contributed by atoms with Gasteiger partial charge in [-0.3, -0.25) is 4.79 Å². The van der Waals surface area contributed by atoms with Crippen LogP contribution in [0.4, 0.5) is 5.69 Å². The number of hydrogen-bond donors (Lipinski definition) is 2. The molecule has 0 unspecified atom stereocenters. The highest BCUT2D eigenvalue weighted by Gasteiger charge is 2.14. The predicted octanol–water partition coefficient (Wildman–Crippen LogP) is 2.01. The average Bonchev–Trinajstić information content (AvgIpc) is 2.27. The summed E-state index contributed by atoms with van der Waals surface area (Å²) in [5.74, 6) is 0.0726. The number of nitrogens with two attached hydrogens (primary N) is 1. The van der Waals surface area contributed by atoms with Crippen LogP contribution in [0.15, 0.2) is 18.2 Å². The number of carbonyl (C=O) groups is 1. The number of anilines is 1. The highest BCUT2D eigenvalue weighted by Crippen LogP contribution is 2.27. The number of nitrogens with one attached hydrogen (secondary N) is 1. The van der Waals surface area contributed by atoms with Crippen LogP contribution in [0.3, 0.4) is 0 Å². The lowest BCUT2D eigenvalue weighted by atomic mass is 10.1. The highest BCUT2D eigenvalue weighted by molar-refractivity contribution is 6.33. The molecule has 0 saturated carbocycles. The Bertz CT molecular complexity index is 435. The molecule has 1 rings (SSSR count). The summed E-state index contributed by atoms with van der Waals surface area (Å²) in [6.45, 7) is 5.88. The molecule has 0 heterocycles. The van der Waals surface area contributed by atoms with Crippen molar-refractivity contribution in [3.63, 3.8) is 0 Å². The second-order valence-corrected chi connectivity index (χ2v) is 5.46. The number of rotatable bonds is 7. The van der Waals surface area contributed by atoms with E-state index in [9.17, 15) is 4.79 Å². The van der Waals surface area contributed by atoms with E-state index in [2.05, 4.69) is 19.2 Å². The van der Waals surface area contributed by atoms with Gasteiger partial charge in [-0.25, -0.2) is 0 Å². The maximum Gasteiger partial charge on any atom is 0.236 e. The largest absolute Gasteiger partial charge is 0.368 e. The smallest absolute Gasteiger partial charge is 0.236 e. The first kappa shape index (κ1) is 15.8. The van der Waals surface area contributed by atoms with Crippen molar-refractivity contribution in [1.82, 2.24) is 5.32 Å². The Morgan fingerprint density at radius 3 is 2.63 bits per heavy atom. The summed E-state index contributed by atoms with van der Waals surface area (Å²) in [4.78, 5) is 13.1. The normalized spacial score (nSPS) is 10.8. The summed E-state index contributed by atoms with van der Waals surface area (Å²) >= 11 is 6.31. The second-order valence-electron chi connectivity index (χ2n) is 5.06. The Kier molecular flexibility index (Phi) is 6.12. The van der Waals surface area contributed by atoms with E-state index in [-0.39, 0.29) is 12.5 Å². The molecule has 4 nitrogen and oxygen atoms in total. The SMILES string of the molecule is CNCc1ccc(N(CC(N)=O)CC(C)C)c(Cl)c1. The third-order valence-electron chi connectivity index (χ3n) is 2.67. The van der Waals surface area contributed by atoms with Gasteiger partial charge in [0.25, 0.3) is 0 Å². The molecule has 0 aromatic heterocycles. The molecular formula is C14H22ClN3O. The quantitative estimate of drug-likeness (QED) is 0.805. The molecule has 0 atom stereocenters. The molecule has 3 N–H and O–H groups in total. The molecule has 0 radical (unpaired) electrons. The van der Waals surface area contributed by atoms with Gasteiger partial charge in [-0.15, -0.1) is 0 Å². The average molecular weight is 284 g/mol. The van der Waals surface area contributed by atoms with E-state index in [0.717, 1.165) is 24.3 Å². The second kappa shape index (κ2) is 7.36. The number of primary amides is 1. The van der Waals surface area contributed by atoms with E-state index >= 15 is 0 Å². The van der Waals surface area contributed by atoms with Crippen LogP contribution < -0.4 is 16.0 Å². The standard InChI is InChI=1S/C14H22ClN3O/c1-10(2)8-18(9-14(16)19)13-5-4-11(7-17-3)6-12(13)15/h4-6,10,17H,7-9H2,1-3H3,(H2,16,19). The van der Waals surface area contributed by atoms with Crippen molar-refractivity contribution in [3.05, 3.63) is 28.8 Å². The molecule has 0 fully saturated rings. The number of halogens is 1. The zero-order chi connectivity index (χ0) is 14.4. The van der Waals surface area contributed by atoms with E-state index in [4.69, 9.17) is 17.3 Å². The highest BCUT2D eigenvalue weighted by atomic mass is 35.5. The maximum atomic E-state index is 11.2. The van der Waals surface area contributed by atoms with E-state index in [1.807, 2.05) is 30.1 Å². The summed E-state index contributed by atoms with van der Waals surface area (Å²) < 4.78 is 0. The molecule has 1 aromatic carbocycles. The lowest BCUT2D eigenvalue weighted by Crippen LogP contribution is -2.36. The molecule has 0 aliphatic rings. The minimum Gasteiger partial charge on any atom is -0.368 e. The first-order chi connectivity index (χ1) is 8.93. The van der Waals surface area contributed by atoms with Crippen molar-refractivity contribution in [2.75, 3.05) is 25.0 Å². The van der Waals surface area contributed by atoms with E-state index in [1.165, 1.54) is 0 Å². The Labute approximate surface area is 119 Å². The van der Waals surface area contributed by atoms with E-state index in [0.29, 0.717) is 10.9 Å². The summed E-state index contributed by atoms with van der Waals surface area (Å²) in [7, 11) is 1.89. The molecule has 1 aromatic rings.